The molecule has 1 unspecified atom stereocenters. The maximum absolute atomic E-state index is 12.8. The van der Waals surface area contributed by atoms with Crippen LogP contribution in [0.1, 0.15) is 59.5 Å². The Balaban J connectivity index is 1.84. The summed E-state index contributed by atoms with van der Waals surface area (Å²) in [5.74, 6) is 0.307. The van der Waals surface area contributed by atoms with Crippen molar-refractivity contribution in [3.63, 3.8) is 0 Å². The average Bonchev–Trinajstić information content (AvgIpc) is 3.36. The van der Waals surface area contributed by atoms with Crippen molar-refractivity contribution in [3.05, 3.63) is 35.4 Å². The van der Waals surface area contributed by atoms with Gasteiger partial charge in [-0.25, -0.2) is 9.97 Å². The Labute approximate surface area is 171 Å². The van der Waals surface area contributed by atoms with E-state index in [4.69, 9.17) is 0 Å². The second-order valence-electron chi connectivity index (χ2n) is 7.81. The fraction of sp³-hybridized carbons (Fsp3) is 0.550. The van der Waals surface area contributed by atoms with Crippen molar-refractivity contribution in [1.82, 2.24) is 30.0 Å². The molecule has 0 aliphatic carbocycles. The van der Waals surface area contributed by atoms with E-state index < -0.39 is 0 Å². The Morgan fingerprint density at radius 3 is 2.69 bits per heavy atom. The summed E-state index contributed by atoms with van der Waals surface area (Å²) in [4.78, 5) is 38.1. The highest BCUT2D eigenvalue weighted by Crippen LogP contribution is 2.30. The van der Waals surface area contributed by atoms with Gasteiger partial charge in [-0.15, -0.1) is 0 Å². The normalized spacial score (nSPS) is 16.3. The van der Waals surface area contributed by atoms with E-state index in [1.165, 1.54) is 0 Å². The van der Waals surface area contributed by atoms with Crippen LogP contribution in [0.2, 0.25) is 0 Å². The number of amides is 2. The molecule has 1 atom stereocenters. The van der Waals surface area contributed by atoms with E-state index in [0.717, 1.165) is 13.0 Å². The van der Waals surface area contributed by atoms with Crippen molar-refractivity contribution in [1.29, 1.82) is 0 Å². The smallest absolute Gasteiger partial charge is 0.257 e. The Hall–Kier alpha value is -2.97. The summed E-state index contributed by atoms with van der Waals surface area (Å²) < 4.78 is 1.74. The number of nitrogens with one attached hydrogen (secondary N) is 1. The predicted molar refractivity (Wildman–Crippen MR) is 110 cm³/mol. The third-order valence-corrected chi connectivity index (χ3v) is 4.94. The molecule has 3 rings (SSSR count). The van der Waals surface area contributed by atoms with Crippen molar-refractivity contribution in [2.45, 2.75) is 45.7 Å². The minimum Gasteiger partial charge on any atom is -0.350 e. The molecule has 1 saturated heterocycles. The van der Waals surface area contributed by atoms with Gasteiger partial charge in [0.1, 0.15) is 0 Å². The molecular weight excluding hydrogens is 370 g/mol. The first-order chi connectivity index (χ1) is 13.8. The molecule has 3 heterocycles. The molecule has 1 aliphatic rings. The van der Waals surface area contributed by atoms with E-state index in [-0.39, 0.29) is 23.8 Å². The summed E-state index contributed by atoms with van der Waals surface area (Å²) in [5.41, 5.74) is 1.76. The Morgan fingerprint density at radius 2 is 2.07 bits per heavy atom. The van der Waals surface area contributed by atoms with Crippen LogP contribution in [0.3, 0.4) is 0 Å². The van der Waals surface area contributed by atoms with Crippen molar-refractivity contribution < 1.29 is 9.59 Å². The Kier molecular flexibility index (Phi) is 6.14. The predicted octanol–water partition coefficient (Wildman–Crippen LogP) is 1.53. The number of hydrogen-bond donors (Lipinski definition) is 1. The molecule has 0 aromatic carbocycles. The third-order valence-electron chi connectivity index (χ3n) is 4.94. The van der Waals surface area contributed by atoms with Crippen LogP contribution in [0.25, 0.3) is 0 Å². The molecule has 9 nitrogen and oxygen atoms in total. The summed E-state index contributed by atoms with van der Waals surface area (Å²) in [6, 6.07) is 0.0145. The summed E-state index contributed by atoms with van der Waals surface area (Å²) >= 11 is 0. The zero-order valence-electron chi connectivity index (χ0n) is 17.7. The number of rotatable bonds is 6. The van der Waals surface area contributed by atoms with Gasteiger partial charge in [0.2, 0.25) is 5.95 Å². The molecule has 2 amide bonds. The van der Waals surface area contributed by atoms with E-state index in [1.54, 1.807) is 23.3 Å². The largest absolute Gasteiger partial charge is 0.350 e. The first-order valence-corrected chi connectivity index (χ1v) is 9.97. The molecule has 1 aliphatic heterocycles. The standard InChI is InChI=1S/C20H29N7O2/c1-6-27-12-15(9-22-27)19(29)26-8-7-14(11-26)17-16(18(28)23-13(2)3)10-21-20(24-17)25(4)5/h9-10,12-14H,6-8,11H2,1-5H3,(H,23,28). The number of hydrogen-bond acceptors (Lipinski definition) is 6. The number of aromatic nitrogens is 4. The van der Waals surface area contributed by atoms with E-state index in [0.29, 0.717) is 35.9 Å². The molecule has 2 aromatic rings. The van der Waals surface area contributed by atoms with Crippen molar-refractivity contribution in [3.8, 4) is 0 Å². The summed E-state index contributed by atoms with van der Waals surface area (Å²) in [6.45, 7) is 7.67. The maximum Gasteiger partial charge on any atom is 0.257 e. The van der Waals surface area contributed by atoms with Crippen LogP contribution in [0.5, 0.6) is 0 Å². The molecule has 9 heteroatoms. The fourth-order valence-electron chi connectivity index (χ4n) is 3.42. The number of likely N-dealkylation sites (tertiary alicyclic amines) is 1. The fourth-order valence-corrected chi connectivity index (χ4v) is 3.42. The van der Waals surface area contributed by atoms with E-state index in [2.05, 4.69) is 20.4 Å². The van der Waals surface area contributed by atoms with Crippen molar-refractivity contribution in [2.75, 3.05) is 32.1 Å². The lowest BCUT2D eigenvalue weighted by Gasteiger charge is -2.19. The van der Waals surface area contributed by atoms with Crippen LogP contribution in [-0.4, -0.2) is 69.7 Å². The minimum atomic E-state index is -0.186. The zero-order valence-corrected chi connectivity index (χ0v) is 17.7. The van der Waals surface area contributed by atoms with E-state index >= 15 is 0 Å². The zero-order chi connectivity index (χ0) is 21.1. The van der Waals surface area contributed by atoms with Crippen LogP contribution in [0.15, 0.2) is 18.6 Å². The van der Waals surface area contributed by atoms with Crippen molar-refractivity contribution >= 4 is 17.8 Å². The van der Waals surface area contributed by atoms with Crippen LogP contribution in [-0.2, 0) is 6.54 Å². The number of anilines is 1. The Morgan fingerprint density at radius 1 is 1.31 bits per heavy atom. The van der Waals surface area contributed by atoms with Crippen LogP contribution in [0.4, 0.5) is 5.95 Å². The van der Waals surface area contributed by atoms with Crippen LogP contribution in [0, 0.1) is 0 Å². The van der Waals surface area contributed by atoms with Gasteiger partial charge in [0.25, 0.3) is 11.8 Å². The molecule has 0 saturated carbocycles. The second kappa shape index (κ2) is 8.59. The molecule has 156 valence electrons. The lowest BCUT2D eigenvalue weighted by atomic mass is 9.99. The highest BCUT2D eigenvalue weighted by Gasteiger charge is 2.32. The third kappa shape index (κ3) is 4.55. The van der Waals surface area contributed by atoms with Gasteiger partial charge >= 0.3 is 0 Å². The summed E-state index contributed by atoms with van der Waals surface area (Å²) in [6.07, 6.45) is 5.71. The van der Waals surface area contributed by atoms with Gasteiger partial charge in [0, 0.05) is 58.1 Å². The summed E-state index contributed by atoms with van der Waals surface area (Å²) in [5, 5.41) is 7.11. The van der Waals surface area contributed by atoms with Crippen LogP contribution < -0.4 is 10.2 Å². The van der Waals surface area contributed by atoms with Crippen LogP contribution >= 0.6 is 0 Å². The van der Waals surface area contributed by atoms with Gasteiger partial charge in [0.15, 0.2) is 0 Å². The minimum absolute atomic E-state index is 0.0145. The first-order valence-electron chi connectivity index (χ1n) is 9.97. The number of carbonyl (C=O) groups excluding carboxylic acids is 2. The molecule has 1 fully saturated rings. The first kappa shape index (κ1) is 20.8. The van der Waals surface area contributed by atoms with Gasteiger partial charge in [0.05, 0.1) is 23.0 Å². The topological polar surface area (TPSA) is 96.3 Å². The highest BCUT2D eigenvalue weighted by molar-refractivity contribution is 5.96. The lowest BCUT2D eigenvalue weighted by molar-refractivity contribution is 0.0790. The molecular formula is C20H29N7O2. The Bertz CT molecular complexity index is 891. The van der Waals surface area contributed by atoms with Gasteiger partial charge in [-0.2, -0.15) is 5.10 Å². The van der Waals surface area contributed by atoms with Gasteiger partial charge < -0.3 is 15.1 Å². The monoisotopic (exact) mass is 399 g/mol. The van der Waals surface area contributed by atoms with Crippen molar-refractivity contribution in [2.24, 2.45) is 0 Å². The molecule has 1 N–H and O–H groups in total. The quantitative estimate of drug-likeness (QED) is 0.791. The number of nitrogens with zero attached hydrogens (tertiary/aromatic N) is 6. The highest BCUT2D eigenvalue weighted by atomic mass is 16.2. The van der Waals surface area contributed by atoms with E-state index in [1.807, 2.05) is 44.7 Å². The van der Waals surface area contributed by atoms with Gasteiger partial charge in [-0.3, -0.25) is 14.3 Å². The molecule has 29 heavy (non-hydrogen) atoms. The number of carbonyl (C=O) groups is 2. The SMILES string of the molecule is CCn1cc(C(=O)N2CCC(c3nc(N(C)C)ncc3C(=O)NC(C)C)C2)cn1. The second-order valence-corrected chi connectivity index (χ2v) is 7.81. The average molecular weight is 399 g/mol. The number of aryl methyl sites for hydroxylation is 1. The van der Waals surface area contributed by atoms with Gasteiger partial charge in [-0.1, -0.05) is 0 Å². The molecule has 0 spiro atoms. The van der Waals surface area contributed by atoms with E-state index in [9.17, 15) is 9.59 Å². The maximum atomic E-state index is 12.8. The summed E-state index contributed by atoms with van der Waals surface area (Å²) in [7, 11) is 3.73. The lowest BCUT2D eigenvalue weighted by Crippen LogP contribution is -2.32. The molecule has 2 aromatic heterocycles. The van der Waals surface area contributed by atoms with Gasteiger partial charge in [-0.05, 0) is 27.2 Å². The molecule has 0 radical (unpaired) electrons. The molecule has 0 bridgehead atoms.